The number of rotatable bonds is 3. The Hall–Kier alpha value is -2.92. The molecule has 1 atom stereocenters. The van der Waals surface area contributed by atoms with E-state index in [4.69, 9.17) is 0 Å². The van der Waals surface area contributed by atoms with E-state index in [9.17, 15) is 8.78 Å². The summed E-state index contributed by atoms with van der Waals surface area (Å²) in [7, 11) is 0. The van der Waals surface area contributed by atoms with E-state index in [1.807, 2.05) is 6.07 Å². The second-order valence-electron chi connectivity index (χ2n) is 7.79. The molecule has 0 nitrogen and oxygen atoms in total. The van der Waals surface area contributed by atoms with Crippen LogP contribution >= 0.6 is 0 Å². The lowest BCUT2D eigenvalue weighted by Crippen LogP contribution is -2.13. The monoisotopic (exact) mass is 386 g/mol. The highest BCUT2D eigenvalue weighted by Gasteiger charge is 2.21. The molecule has 0 fully saturated rings. The molecule has 0 radical (unpaired) electrons. The van der Waals surface area contributed by atoms with Gasteiger partial charge in [0.2, 0.25) is 0 Å². The van der Waals surface area contributed by atoms with Gasteiger partial charge in [0.1, 0.15) is 11.6 Å². The number of hydrogen-bond donors (Lipinski definition) is 0. The SMILES string of the molecule is CCCc1ccc(C2CCc3cc(C#Cc4ccc(F)cc4)c(F)cc3C2)cc1. The van der Waals surface area contributed by atoms with E-state index >= 15 is 0 Å². The van der Waals surface area contributed by atoms with E-state index in [1.165, 1.54) is 28.8 Å². The first-order valence-electron chi connectivity index (χ1n) is 10.3. The molecule has 0 heterocycles. The zero-order chi connectivity index (χ0) is 20.2. The second-order valence-corrected chi connectivity index (χ2v) is 7.79. The number of fused-ring (bicyclic) bond motifs is 1. The Balaban J connectivity index is 1.53. The first-order valence-corrected chi connectivity index (χ1v) is 10.3. The molecule has 0 aromatic heterocycles. The summed E-state index contributed by atoms with van der Waals surface area (Å²) >= 11 is 0. The second kappa shape index (κ2) is 8.62. The van der Waals surface area contributed by atoms with Crippen molar-refractivity contribution in [3.8, 4) is 11.8 Å². The van der Waals surface area contributed by atoms with E-state index in [1.54, 1.807) is 18.2 Å². The van der Waals surface area contributed by atoms with E-state index in [0.29, 0.717) is 17.0 Å². The number of aryl methyl sites for hydroxylation is 2. The Kier molecular flexibility index (Phi) is 5.76. The van der Waals surface area contributed by atoms with Crippen molar-refractivity contribution in [1.82, 2.24) is 0 Å². The summed E-state index contributed by atoms with van der Waals surface area (Å²) in [5.41, 5.74) is 6.09. The van der Waals surface area contributed by atoms with Gasteiger partial charge in [-0.1, -0.05) is 49.5 Å². The molecule has 3 aromatic rings. The van der Waals surface area contributed by atoms with Gasteiger partial charge in [0.15, 0.2) is 0 Å². The third kappa shape index (κ3) is 4.57. The van der Waals surface area contributed by atoms with E-state index < -0.39 is 0 Å². The molecule has 0 aliphatic heterocycles. The molecule has 4 rings (SSSR count). The average molecular weight is 386 g/mol. The molecule has 3 aromatic carbocycles. The van der Waals surface area contributed by atoms with Crippen molar-refractivity contribution in [3.05, 3.63) is 106 Å². The molecule has 1 unspecified atom stereocenters. The third-order valence-corrected chi connectivity index (χ3v) is 5.69. The molecule has 29 heavy (non-hydrogen) atoms. The summed E-state index contributed by atoms with van der Waals surface area (Å²) in [6.07, 6.45) is 5.13. The van der Waals surface area contributed by atoms with Crippen LogP contribution in [-0.2, 0) is 19.3 Å². The largest absolute Gasteiger partial charge is 0.207 e. The minimum atomic E-state index is -0.301. The van der Waals surface area contributed by atoms with Crippen LogP contribution < -0.4 is 0 Å². The maximum atomic E-state index is 14.6. The molecule has 2 heteroatoms. The van der Waals surface area contributed by atoms with Crippen LogP contribution in [0.3, 0.4) is 0 Å². The maximum absolute atomic E-state index is 14.6. The van der Waals surface area contributed by atoms with Gasteiger partial charge in [-0.15, -0.1) is 0 Å². The topological polar surface area (TPSA) is 0 Å². The zero-order valence-corrected chi connectivity index (χ0v) is 16.6. The van der Waals surface area contributed by atoms with Gasteiger partial charge >= 0.3 is 0 Å². The van der Waals surface area contributed by atoms with Crippen LogP contribution in [0.2, 0.25) is 0 Å². The average Bonchev–Trinajstić information content (AvgIpc) is 2.74. The number of halogens is 2. The molecule has 0 bridgehead atoms. The number of hydrogen-bond acceptors (Lipinski definition) is 0. The van der Waals surface area contributed by atoms with Gasteiger partial charge < -0.3 is 0 Å². The van der Waals surface area contributed by atoms with Gasteiger partial charge in [-0.05, 0) is 90.3 Å². The van der Waals surface area contributed by atoms with Crippen LogP contribution in [0.5, 0.6) is 0 Å². The Morgan fingerprint density at radius 3 is 2.38 bits per heavy atom. The van der Waals surface area contributed by atoms with Crippen LogP contribution in [0, 0.1) is 23.5 Å². The number of benzene rings is 3. The van der Waals surface area contributed by atoms with Crippen molar-refractivity contribution >= 4 is 0 Å². The Morgan fingerprint density at radius 2 is 1.66 bits per heavy atom. The predicted octanol–water partition coefficient (Wildman–Crippen LogP) is 6.59. The van der Waals surface area contributed by atoms with Crippen LogP contribution in [0.1, 0.15) is 59.1 Å². The lowest BCUT2D eigenvalue weighted by molar-refractivity contribution is 0.570. The fourth-order valence-corrected chi connectivity index (χ4v) is 4.08. The summed E-state index contributed by atoms with van der Waals surface area (Å²) in [6, 6.07) is 18.4. The smallest absolute Gasteiger partial charge is 0.139 e. The lowest BCUT2D eigenvalue weighted by Gasteiger charge is -2.25. The predicted molar refractivity (Wildman–Crippen MR) is 114 cm³/mol. The van der Waals surface area contributed by atoms with Crippen LogP contribution in [0.25, 0.3) is 0 Å². The molecule has 146 valence electrons. The van der Waals surface area contributed by atoms with E-state index in [0.717, 1.165) is 37.7 Å². The molecule has 1 aliphatic rings. The van der Waals surface area contributed by atoms with Crippen LogP contribution in [0.15, 0.2) is 60.7 Å². The highest BCUT2D eigenvalue weighted by molar-refractivity contribution is 5.48. The molecular formula is C27H24F2. The van der Waals surface area contributed by atoms with Crippen LogP contribution in [0.4, 0.5) is 8.78 Å². The molecular weight excluding hydrogens is 362 g/mol. The highest BCUT2D eigenvalue weighted by Crippen LogP contribution is 2.34. The summed E-state index contributed by atoms with van der Waals surface area (Å²) in [4.78, 5) is 0. The highest BCUT2D eigenvalue weighted by atomic mass is 19.1. The van der Waals surface area contributed by atoms with Crippen LogP contribution in [-0.4, -0.2) is 0 Å². The van der Waals surface area contributed by atoms with E-state index in [2.05, 4.69) is 43.0 Å². The van der Waals surface area contributed by atoms with Gasteiger partial charge in [0.25, 0.3) is 0 Å². The Labute approximate surface area is 171 Å². The maximum Gasteiger partial charge on any atom is 0.139 e. The first-order chi connectivity index (χ1) is 14.1. The summed E-state index contributed by atoms with van der Waals surface area (Å²) in [6.45, 7) is 2.19. The van der Waals surface area contributed by atoms with Crippen molar-refractivity contribution in [2.24, 2.45) is 0 Å². The third-order valence-electron chi connectivity index (χ3n) is 5.69. The fourth-order valence-electron chi connectivity index (χ4n) is 4.08. The molecule has 0 saturated heterocycles. The minimum Gasteiger partial charge on any atom is -0.207 e. The minimum absolute atomic E-state index is 0.280. The summed E-state index contributed by atoms with van der Waals surface area (Å²) in [5.74, 6) is 5.70. The molecule has 0 N–H and O–H groups in total. The van der Waals surface area contributed by atoms with Gasteiger partial charge in [-0.2, -0.15) is 0 Å². The van der Waals surface area contributed by atoms with Crippen molar-refractivity contribution in [1.29, 1.82) is 0 Å². The summed E-state index contributed by atoms with van der Waals surface area (Å²) < 4.78 is 27.7. The molecule has 0 saturated carbocycles. The van der Waals surface area contributed by atoms with E-state index in [-0.39, 0.29) is 11.6 Å². The Bertz CT molecular complexity index is 1050. The molecule has 0 spiro atoms. The van der Waals surface area contributed by atoms with Gasteiger partial charge in [0, 0.05) is 5.56 Å². The van der Waals surface area contributed by atoms with Gasteiger partial charge in [-0.3, -0.25) is 0 Å². The fraction of sp³-hybridized carbons (Fsp3) is 0.259. The zero-order valence-electron chi connectivity index (χ0n) is 16.6. The first kappa shape index (κ1) is 19.4. The van der Waals surface area contributed by atoms with Gasteiger partial charge in [-0.25, -0.2) is 8.78 Å². The Morgan fingerprint density at radius 1 is 0.897 bits per heavy atom. The molecule has 1 aliphatic carbocycles. The van der Waals surface area contributed by atoms with Crippen molar-refractivity contribution < 1.29 is 8.78 Å². The van der Waals surface area contributed by atoms with Crippen molar-refractivity contribution in [2.75, 3.05) is 0 Å². The lowest BCUT2D eigenvalue weighted by atomic mass is 9.79. The normalized spacial score (nSPS) is 15.3. The standard InChI is InChI=1S/C27H24F2/c1-2-3-19-4-9-21(10-5-19)22-12-13-23-16-24(27(29)18-25(23)17-22)11-6-20-7-14-26(28)15-8-20/h4-5,7-10,14-16,18,22H,2-3,12-13,17H2,1H3. The van der Waals surface area contributed by atoms with Crippen molar-refractivity contribution in [3.63, 3.8) is 0 Å². The molecule has 0 amide bonds. The van der Waals surface area contributed by atoms with Crippen molar-refractivity contribution in [2.45, 2.75) is 44.9 Å². The summed E-state index contributed by atoms with van der Waals surface area (Å²) in [5, 5.41) is 0. The van der Waals surface area contributed by atoms with Gasteiger partial charge in [0.05, 0.1) is 5.56 Å². The quantitative estimate of drug-likeness (QED) is 0.446.